The molecule has 1 saturated heterocycles. The van der Waals surface area contributed by atoms with Gasteiger partial charge in [0.05, 0.1) is 0 Å². The summed E-state index contributed by atoms with van der Waals surface area (Å²) in [6, 6.07) is 0. The lowest BCUT2D eigenvalue weighted by atomic mass is 9.85. The fourth-order valence-electron chi connectivity index (χ4n) is 2.70. The third-order valence-electron chi connectivity index (χ3n) is 4.07. The SMILES string of the molecule is O=C(O)C1CCC(c2nn3c(C4CCC4)nnc3s2)O1. The van der Waals surface area contributed by atoms with Crippen molar-refractivity contribution in [3.05, 3.63) is 10.8 Å². The van der Waals surface area contributed by atoms with E-state index >= 15 is 0 Å². The summed E-state index contributed by atoms with van der Waals surface area (Å²) in [5.41, 5.74) is 0. The molecule has 2 aromatic rings. The molecule has 2 unspecified atom stereocenters. The van der Waals surface area contributed by atoms with Crippen molar-refractivity contribution < 1.29 is 14.6 Å². The molecule has 2 aliphatic rings. The molecule has 106 valence electrons. The molecule has 2 fully saturated rings. The van der Waals surface area contributed by atoms with E-state index in [2.05, 4.69) is 15.3 Å². The Morgan fingerprint density at radius 2 is 2.15 bits per heavy atom. The van der Waals surface area contributed by atoms with Gasteiger partial charge < -0.3 is 9.84 Å². The Balaban J connectivity index is 1.61. The lowest BCUT2D eigenvalue weighted by molar-refractivity contribution is -0.149. The number of fused-ring (bicyclic) bond motifs is 1. The van der Waals surface area contributed by atoms with Crippen LogP contribution >= 0.6 is 11.3 Å². The molecule has 1 aliphatic carbocycles. The van der Waals surface area contributed by atoms with E-state index in [1.807, 2.05) is 0 Å². The molecule has 1 saturated carbocycles. The first-order chi connectivity index (χ1) is 9.72. The Hall–Kier alpha value is -1.54. The van der Waals surface area contributed by atoms with Gasteiger partial charge in [-0.3, -0.25) is 0 Å². The van der Waals surface area contributed by atoms with Crippen molar-refractivity contribution in [3.8, 4) is 0 Å². The van der Waals surface area contributed by atoms with Gasteiger partial charge in [0.25, 0.3) is 0 Å². The average molecular weight is 294 g/mol. The van der Waals surface area contributed by atoms with E-state index in [-0.39, 0.29) is 6.10 Å². The summed E-state index contributed by atoms with van der Waals surface area (Å²) in [6.45, 7) is 0. The summed E-state index contributed by atoms with van der Waals surface area (Å²) in [7, 11) is 0. The van der Waals surface area contributed by atoms with Crippen LogP contribution < -0.4 is 0 Å². The normalized spacial score (nSPS) is 27.0. The number of aliphatic carboxylic acids is 1. The number of aromatic nitrogens is 4. The first-order valence-electron chi connectivity index (χ1n) is 6.82. The molecule has 7 nitrogen and oxygen atoms in total. The number of hydrogen-bond acceptors (Lipinski definition) is 6. The highest BCUT2D eigenvalue weighted by atomic mass is 32.1. The van der Waals surface area contributed by atoms with Crippen molar-refractivity contribution in [2.24, 2.45) is 0 Å². The molecule has 3 heterocycles. The molecule has 0 spiro atoms. The summed E-state index contributed by atoms with van der Waals surface area (Å²) in [6.07, 6.45) is 3.83. The van der Waals surface area contributed by atoms with Crippen LogP contribution in [-0.2, 0) is 9.53 Å². The second-order valence-electron chi connectivity index (χ2n) is 5.35. The minimum absolute atomic E-state index is 0.225. The van der Waals surface area contributed by atoms with Gasteiger partial charge in [-0.15, -0.1) is 10.2 Å². The molecule has 0 radical (unpaired) electrons. The number of rotatable bonds is 3. The number of carboxylic acid groups (broad SMARTS) is 1. The van der Waals surface area contributed by atoms with Gasteiger partial charge in [-0.2, -0.15) is 9.61 Å². The zero-order valence-corrected chi connectivity index (χ0v) is 11.5. The minimum atomic E-state index is -0.898. The standard InChI is InChI=1S/C12H14N4O3S/c17-11(18)8-5-4-7(19-8)10-15-16-9(6-2-1-3-6)13-14-12(16)20-10/h6-8H,1-5H2,(H,17,18). The summed E-state index contributed by atoms with van der Waals surface area (Å²) < 4.78 is 7.34. The van der Waals surface area contributed by atoms with Crippen molar-refractivity contribution in [1.82, 2.24) is 19.8 Å². The molecule has 20 heavy (non-hydrogen) atoms. The van der Waals surface area contributed by atoms with Crippen molar-refractivity contribution in [3.63, 3.8) is 0 Å². The zero-order chi connectivity index (χ0) is 13.7. The van der Waals surface area contributed by atoms with Crippen molar-refractivity contribution >= 4 is 22.3 Å². The molecule has 0 aromatic carbocycles. The van der Waals surface area contributed by atoms with Crippen LogP contribution in [0.15, 0.2) is 0 Å². The van der Waals surface area contributed by atoms with Crippen LogP contribution in [0, 0.1) is 0 Å². The van der Waals surface area contributed by atoms with E-state index in [1.54, 1.807) is 4.52 Å². The number of nitrogens with zero attached hydrogens (tertiary/aromatic N) is 4. The molecular formula is C12H14N4O3S. The molecular weight excluding hydrogens is 280 g/mol. The molecule has 2 atom stereocenters. The molecule has 1 N–H and O–H groups in total. The monoisotopic (exact) mass is 294 g/mol. The topological polar surface area (TPSA) is 89.6 Å². The quantitative estimate of drug-likeness (QED) is 0.927. The number of ether oxygens (including phenoxy) is 1. The molecule has 0 amide bonds. The number of hydrogen-bond donors (Lipinski definition) is 1. The lowest BCUT2D eigenvalue weighted by Crippen LogP contribution is -2.18. The molecule has 1 aliphatic heterocycles. The second-order valence-corrected chi connectivity index (χ2v) is 6.34. The maximum Gasteiger partial charge on any atom is 0.332 e. The fraction of sp³-hybridized carbons (Fsp3) is 0.667. The molecule has 0 bridgehead atoms. The molecule has 2 aromatic heterocycles. The largest absolute Gasteiger partial charge is 0.479 e. The van der Waals surface area contributed by atoms with Gasteiger partial charge in [-0.05, 0) is 25.7 Å². The highest BCUT2D eigenvalue weighted by Crippen LogP contribution is 2.38. The Kier molecular flexibility index (Phi) is 2.74. The minimum Gasteiger partial charge on any atom is -0.479 e. The fourth-order valence-corrected chi connectivity index (χ4v) is 3.62. The van der Waals surface area contributed by atoms with Gasteiger partial charge in [0, 0.05) is 5.92 Å². The molecule has 4 rings (SSSR count). The van der Waals surface area contributed by atoms with E-state index in [1.165, 1.54) is 17.8 Å². The summed E-state index contributed by atoms with van der Waals surface area (Å²) in [4.78, 5) is 11.7. The third kappa shape index (κ3) is 1.82. The summed E-state index contributed by atoms with van der Waals surface area (Å²) in [5.74, 6) is 0.503. The van der Waals surface area contributed by atoms with Crippen LogP contribution in [0.2, 0.25) is 0 Å². The maximum atomic E-state index is 10.9. The highest BCUT2D eigenvalue weighted by molar-refractivity contribution is 7.16. The van der Waals surface area contributed by atoms with Crippen LogP contribution in [0.4, 0.5) is 0 Å². The molecule has 8 heteroatoms. The number of carboxylic acids is 1. The Bertz CT molecular complexity index is 663. The average Bonchev–Trinajstić information content (AvgIpc) is 3.00. The van der Waals surface area contributed by atoms with Crippen molar-refractivity contribution in [2.45, 2.75) is 50.2 Å². The van der Waals surface area contributed by atoms with Crippen LogP contribution in [0.3, 0.4) is 0 Å². The van der Waals surface area contributed by atoms with Gasteiger partial charge in [0.1, 0.15) is 11.1 Å². The van der Waals surface area contributed by atoms with Gasteiger partial charge in [0.2, 0.25) is 4.96 Å². The first-order valence-corrected chi connectivity index (χ1v) is 7.64. The van der Waals surface area contributed by atoms with E-state index in [9.17, 15) is 4.79 Å². The number of carbonyl (C=O) groups is 1. The van der Waals surface area contributed by atoms with Gasteiger partial charge >= 0.3 is 5.97 Å². The Morgan fingerprint density at radius 1 is 1.30 bits per heavy atom. The van der Waals surface area contributed by atoms with E-state index < -0.39 is 12.1 Å². The van der Waals surface area contributed by atoms with E-state index in [4.69, 9.17) is 9.84 Å². The first kappa shape index (κ1) is 12.2. The summed E-state index contributed by atoms with van der Waals surface area (Å²) >= 11 is 1.44. The Morgan fingerprint density at radius 3 is 2.80 bits per heavy atom. The zero-order valence-electron chi connectivity index (χ0n) is 10.7. The van der Waals surface area contributed by atoms with Gasteiger partial charge in [-0.25, -0.2) is 4.79 Å². The highest BCUT2D eigenvalue weighted by Gasteiger charge is 2.34. The van der Waals surface area contributed by atoms with Crippen LogP contribution in [-0.4, -0.2) is 37.0 Å². The van der Waals surface area contributed by atoms with Crippen LogP contribution in [0.5, 0.6) is 0 Å². The summed E-state index contributed by atoms with van der Waals surface area (Å²) in [5, 5.41) is 22.7. The maximum absolute atomic E-state index is 10.9. The van der Waals surface area contributed by atoms with Crippen LogP contribution in [0.25, 0.3) is 4.96 Å². The van der Waals surface area contributed by atoms with Crippen molar-refractivity contribution in [1.29, 1.82) is 0 Å². The van der Waals surface area contributed by atoms with Gasteiger partial charge in [0.15, 0.2) is 11.9 Å². The van der Waals surface area contributed by atoms with Crippen molar-refractivity contribution in [2.75, 3.05) is 0 Å². The van der Waals surface area contributed by atoms with Gasteiger partial charge in [-0.1, -0.05) is 17.8 Å². The van der Waals surface area contributed by atoms with E-state index in [0.29, 0.717) is 18.8 Å². The lowest BCUT2D eigenvalue weighted by Gasteiger charge is -2.22. The predicted octanol–water partition coefficient (Wildman–Crippen LogP) is 1.76. The second kappa shape index (κ2) is 4.49. The van der Waals surface area contributed by atoms with Crippen LogP contribution in [0.1, 0.15) is 55.0 Å². The predicted molar refractivity (Wildman–Crippen MR) is 69.7 cm³/mol. The van der Waals surface area contributed by atoms with E-state index in [0.717, 1.165) is 28.6 Å². The Labute approximate surface area is 118 Å². The third-order valence-corrected chi connectivity index (χ3v) is 5.06. The smallest absolute Gasteiger partial charge is 0.332 e.